The molecule has 3 nitrogen and oxygen atoms in total. The lowest BCUT2D eigenvalue weighted by Crippen LogP contribution is -1.96. The van der Waals surface area contributed by atoms with Crippen LogP contribution < -0.4 is 15.2 Å². The lowest BCUT2D eigenvalue weighted by molar-refractivity contribution is 0.382. The first kappa shape index (κ1) is 14.0. The van der Waals surface area contributed by atoms with Crippen LogP contribution in [0.15, 0.2) is 34.8 Å². The summed E-state index contributed by atoms with van der Waals surface area (Å²) in [5.41, 5.74) is 5.89. The first-order chi connectivity index (χ1) is 9.01. The van der Waals surface area contributed by atoms with Crippen molar-refractivity contribution < 1.29 is 13.9 Å². The quantitative estimate of drug-likeness (QED) is 0.824. The number of nitrogen functional groups attached to an aromatic ring is 1. The molecule has 0 aliphatic heterocycles. The van der Waals surface area contributed by atoms with Crippen LogP contribution in [0.2, 0.25) is 5.02 Å². The summed E-state index contributed by atoms with van der Waals surface area (Å²) in [5.74, 6) is 0.350. The molecule has 0 saturated carbocycles. The third-order valence-electron chi connectivity index (χ3n) is 2.40. The van der Waals surface area contributed by atoms with Gasteiger partial charge in [-0.05, 0) is 34.1 Å². The normalized spacial score (nSPS) is 10.3. The third kappa shape index (κ3) is 3.11. The molecule has 0 unspecified atom stereocenters. The number of rotatable bonds is 3. The fraction of sp³-hybridized carbons (Fsp3) is 0.0769. The molecule has 19 heavy (non-hydrogen) atoms. The molecule has 0 aromatic heterocycles. The van der Waals surface area contributed by atoms with Crippen molar-refractivity contribution >= 4 is 33.2 Å². The van der Waals surface area contributed by atoms with E-state index in [1.165, 1.54) is 13.2 Å². The van der Waals surface area contributed by atoms with Crippen LogP contribution >= 0.6 is 27.5 Å². The molecule has 0 amide bonds. The standard InChI is InChI=1S/C13H10BrClFNO2/c1-18-12-6-13(10(17)5-9(12)16)19-11-3-2-7(15)4-8(11)14/h2-6H,17H2,1H3. The van der Waals surface area contributed by atoms with Gasteiger partial charge in [0.2, 0.25) is 0 Å². The highest BCUT2D eigenvalue weighted by atomic mass is 79.9. The van der Waals surface area contributed by atoms with E-state index >= 15 is 0 Å². The zero-order chi connectivity index (χ0) is 14.0. The van der Waals surface area contributed by atoms with Crippen molar-refractivity contribution in [3.63, 3.8) is 0 Å². The summed E-state index contributed by atoms with van der Waals surface area (Å²) in [6.45, 7) is 0. The van der Waals surface area contributed by atoms with Gasteiger partial charge >= 0.3 is 0 Å². The Balaban J connectivity index is 2.37. The van der Waals surface area contributed by atoms with Gasteiger partial charge in [0.25, 0.3) is 0 Å². The van der Waals surface area contributed by atoms with Crippen LogP contribution in [-0.4, -0.2) is 7.11 Å². The fourth-order valence-electron chi connectivity index (χ4n) is 1.47. The molecule has 0 spiro atoms. The van der Waals surface area contributed by atoms with Gasteiger partial charge < -0.3 is 15.2 Å². The Morgan fingerprint density at radius 2 is 1.89 bits per heavy atom. The molecule has 0 radical (unpaired) electrons. The lowest BCUT2D eigenvalue weighted by atomic mass is 10.2. The largest absolute Gasteiger partial charge is 0.494 e. The highest BCUT2D eigenvalue weighted by Gasteiger charge is 2.11. The fourth-order valence-corrected chi connectivity index (χ4v) is 2.24. The Kier molecular flexibility index (Phi) is 4.17. The lowest BCUT2D eigenvalue weighted by Gasteiger charge is -2.12. The Morgan fingerprint density at radius 3 is 2.53 bits per heavy atom. The smallest absolute Gasteiger partial charge is 0.167 e. The summed E-state index contributed by atoms with van der Waals surface area (Å²) in [6.07, 6.45) is 0. The molecule has 0 aliphatic carbocycles. The number of nitrogens with two attached hydrogens (primary N) is 1. The van der Waals surface area contributed by atoms with Crippen molar-refractivity contribution in [2.75, 3.05) is 12.8 Å². The monoisotopic (exact) mass is 345 g/mol. The minimum atomic E-state index is -0.539. The minimum absolute atomic E-state index is 0.0642. The summed E-state index contributed by atoms with van der Waals surface area (Å²) in [6, 6.07) is 7.60. The van der Waals surface area contributed by atoms with Crippen LogP contribution in [0.4, 0.5) is 10.1 Å². The molecule has 2 aromatic carbocycles. The molecule has 0 fully saturated rings. The van der Waals surface area contributed by atoms with E-state index in [9.17, 15) is 4.39 Å². The molecule has 2 rings (SSSR count). The number of halogens is 3. The van der Waals surface area contributed by atoms with Crippen molar-refractivity contribution in [2.45, 2.75) is 0 Å². The van der Waals surface area contributed by atoms with Crippen molar-refractivity contribution in [1.82, 2.24) is 0 Å². The van der Waals surface area contributed by atoms with E-state index in [1.54, 1.807) is 18.2 Å². The Bertz CT molecular complexity index is 622. The van der Waals surface area contributed by atoms with Crippen LogP contribution in [0, 0.1) is 5.82 Å². The van der Waals surface area contributed by atoms with Crippen LogP contribution in [0.25, 0.3) is 0 Å². The molecule has 0 atom stereocenters. The predicted molar refractivity (Wildman–Crippen MR) is 76.6 cm³/mol. The summed E-state index contributed by atoms with van der Waals surface area (Å²) >= 11 is 9.16. The maximum Gasteiger partial charge on any atom is 0.167 e. The molecule has 0 saturated heterocycles. The van der Waals surface area contributed by atoms with E-state index in [-0.39, 0.29) is 11.4 Å². The number of ether oxygens (including phenoxy) is 2. The van der Waals surface area contributed by atoms with Crippen LogP contribution in [-0.2, 0) is 0 Å². The highest BCUT2D eigenvalue weighted by molar-refractivity contribution is 9.10. The van der Waals surface area contributed by atoms with Gasteiger partial charge in [-0.3, -0.25) is 0 Å². The topological polar surface area (TPSA) is 44.5 Å². The molecular formula is C13H10BrClFNO2. The van der Waals surface area contributed by atoms with Gasteiger partial charge in [0.1, 0.15) is 5.75 Å². The number of hydrogen-bond acceptors (Lipinski definition) is 3. The van der Waals surface area contributed by atoms with E-state index in [0.717, 1.165) is 6.07 Å². The van der Waals surface area contributed by atoms with Crippen molar-refractivity contribution in [3.8, 4) is 17.2 Å². The van der Waals surface area contributed by atoms with Gasteiger partial charge in [0.05, 0.1) is 17.3 Å². The third-order valence-corrected chi connectivity index (χ3v) is 3.25. The molecule has 0 aliphatic rings. The van der Waals surface area contributed by atoms with Gasteiger partial charge in [-0.15, -0.1) is 0 Å². The number of anilines is 1. The summed E-state index contributed by atoms with van der Waals surface area (Å²) in [7, 11) is 1.37. The number of hydrogen-bond donors (Lipinski definition) is 1. The molecule has 6 heteroatoms. The molecule has 0 heterocycles. The van der Waals surface area contributed by atoms with Crippen molar-refractivity contribution in [1.29, 1.82) is 0 Å². The van der Waals surface area contributed by atoms with E-state index in [0.29, 0.717) is 21.0 Å². The van der Waals surface area contributed by atoms with Gasteiger partial charge in [-0.25, -0.2) is 4.39 Å². The molecular weight excluding hydrogens is 337 g/mol. The summed E-state index contributed by atoms with van der Waals surface area (Å²) < 4.78 is 24.6. The van der Waals surface area contributed by atoms with Crippen LogP contribution in [0.1, 0.15) is 0 Å². The van der Waals surface area contributed by atoms with E-state index in [4.69, 9.17) is 26.8 Å². The average Bonchev–Trinajstić information content (AvgIpc) is 2.35. The Morgan fingerprint density at radius 1 is 1.16 bits per heavy atom. The Hall–Kier alpha value is -1.46. The molecule has 100 valence electrons. The summed E-state index contributed by atoms with van der Waals surface area (Å²) in [5, 5.41) is 0.573. The van der Waals surface area contributed by atoms with Gasteiger partial charge in [0.15, 0.2) is 17.3 Å². The Labute approximate surface area is 123 Å². The maximum absolute atomic E-state index is 13.4. The first-order valence-electron chi connectivity index (χ1n) is 5.27. The zero-order valence-electron chi connectivity index (χ0n) is 9.91. The zero-order valence-corrected chi connectivity index (χ0v) is 12.3. The molecule has 2 N–H and O–H groups in total. The van der Waals surface area contributed by atoms with Gasteiger partial charge in [-0.1, -0.05) is 11.6 Å². The van der Waals surface area contributed by atoms with Crippen LogP contribution in [0.5, 0.6) is 17.2 Å². The molecule has 0 bridgehead atoms. The minimum Gasteiger partial charge on any atom is -0.494 e. The van der Waals surface area contributed by atoms with Gasteiger partial charge in [0, 0.05) is 17.2 Å². The van der Waals surface area contributed by atoms with E-state index in [2.05, 4.69) is 15.9 Å². The van der Waals surface area contributed by atoms with E-state index in [1.807, 2.05) is 0 Å². The average molecular weight is 347 g/mol. The second-order valence-electron chi connectivity index (χ2n) is 3.70. The van der Waals surface area contributed by atoms with Crippen molar-refractivity contribution in [2.24, 2.45) is 0 Å². The SMILES string of the molecule is COc1cc(Oc2ccc(Cl)cc2Br)c(N)cc1F. The summed E-state index contributed by atoms with van der Waals surface area (Å²) in [4.78, 5) is 0. The van der Waals surface area contributed by atoms with Gasteiger partial charge in [-0.2, -0.15) is 0 Å². The van der Waals surface area contributed by atoms with Crippen LogP contribution in [0.3, 0.4) is 0 Å². The molecule has 2 aromatic rings. The number of methoxy groups -OCH3 is 1. The van der Waals surface area contributed by atoms with E-state index < -0.39 is 5.82 Å². The first-order valence-corrected chi connectivity index (χ1v) is 6.44. The highest BCUT2D eigenvalue weighted by Crippen LogP contribution is 2.37. The second kappa shape index (κ2) is 5.67. The maximum atomic E-state index is 13.4. The number of benzene rings is 2. The predicted octanol–water partition coefficient (Wildman–Crippen LogP) is 4.62. The van der Waals surface area contributed by atoms with Crippen molar-refractivity contribution in [3.05, 3.63) is 45.6 Å². The second-order valence-corrected chi connectivity index (χ2v) is 4.99.